The highest BCUT2D eigenvalue weighted by molar-refractivity contribution is 9.10. The number of epoxide rings is 1. The van der Waals surface area contributed by atoms with Gasteiger partial charge in [-0.15, -0.1) is 0 Å². The predicted octanol–water partition coefficient (Wildman–Crippen LogP) is 2.27. The molecule has 2 atom stereocenters. The lowest BCUT2D eigenvalue weighted by Gasteiger charge is -2.08. The van der Waals surface area contributed by atoms with E-state index < -0.39 is 6.10 Å². The van der Waals surface area contributed by atoms with Gasteiger partial charge in [0.1, 0.15) is 0 Å². The van der Waals surface area contributed by atoms with E-state index in [1.54, 1.807) is 0 Å². The lowest BCUT2D eigenvalue weighted by Crippen LogP contribution is -2.01. The predicted molar refractivity (Wildman–Crippen MR) is 53.5 cm³/mol. The van der Waals surface area contributed by atoms with Crippen LogP contribution in [0.5, 0.6) is 0 Å². The van der Waals surface area contributed by atoms with Gasteiger partial charge in [0.15, 0.2) is 0 Å². The van der Waals surface area contributed by atoms with Crippen LogP contribution < -0.4 is 0 Å². The standard InChI is InChI=1S/C10H11BrO2/c11-8-3-1-2-7(4-8)10(12)5-9-6-13-9/h1-4,9-10,12H,5-6H2. The Morgan fingerprint density at radius 2 is 2.38 bits per heavy atom. The van der Waals surface area contributed by atoms with Crippen LogP contribution in [0.2, 0.25) is 0 Å². The summed E-state index contributed by atoms with van der Waals surface area (Å²) < 4.78 is 6.06. The van der Waals surface area contributed by atoms with E-state index in [2.05, 4.69) is 15.9 Å². The van der Waals surface area contributed by atoms with Gasteiger partial charge in [0.05, 0.1) is 18.8 Å². The number of hydrogen-bond acceptors (Lipinski definition) is 2. The van der Waals surface area contributed by atoms with Gasteiger partial charge < -0.3 is 9.84 Å². The smallest absolute Gasteiger partial charge is 0.0837 e. The molecule has 1 aromatic rings. The third-order valence-electron chi connectivity index (χ3n) is 2.12. The van der Waals surface area contributed by atoms with E-state index in [1.165, 1.54) is 0 Å². The lowest BCUT2D eigenvalue weighted by atomic mass is 10.1. The molecule has 2 nitrogen and oxygen atoms in total. The second-order valence-corrected chi connectivity index (χ2v) is 4.18. The first-order valence-electron chi connectivity index (χ1n) is 4.31. The minimum Gasteiger partial charge on any atom is -0.388 e. The molecule has 1 fully saturated rings. The van der Waals surface area contributed by atoms with Crippen molar-refractivity contribution in [2.45, 2.75) is 18.6 Å². The minimum atomic E-state index is -0.398. The summed E-state index contributed by atoms with van der Waals surface area (Å²) in [4.78, 5) is 0. The second-order valence-electron chi connectivity index (χ2n) is 3.26. The molecule has 13 heavy (non-hydrogen) atoms. The summed E-state index contributed by atoms with van der Waals surface area (Å²) in [6.07, 6.45) is 0.579. The van der Waals surface area contributed by atoms with Gasteiger partial charge in [-0.3, -0.25) is 0 Å². The summed E-state index contributed by atoms with van der Waals surface area (Å²) in [6.45, 7) is 0.797. The fourth-order valence-electron chi connectivity index (χ4n) is 1.30. The van der Waals surface area contributed by atoms with Crippen LogP contribution in [-0.4, -0.2) is 17.8 Å². The maximum absolute atomic E-state index is 9.75. The average Bonchev–Trinajstić information content (AvgIpc) is 2.88. The molecule has 0 saturated carbocycles. The van der Waals surface area contributed by atoms with E-state index in [0.717, 1.165) is 16.6 Å². The summed E-state index contributed by atoms with van der Waals surface area (Å²) in [5, 5.41) is 9.75. The quantitative estimate of drug-likeness (QED) is 0.826. The van der Waals surface area contributed by atoms with Crippen molar-refractivity contribution in [3.05, 3.63) is 34.3 Å². The van der Waals surface area contributed by atoms with E-state index in [9.17, 15) is 5.11 Å². The van der Waals surface area contributed by atoms with Crippen molar-refractivity contribution in [2.24, 2.45) is 0 Å². The first kappa shape index (κ1) is 9.19. The van der Waals surface area contributed by atoms with Crippen molar-refractivity contribution in [2.75, 3.05) is 6.61 Å². The van der Waals surface area contributed by atoms with E-state index in [-0.39, 0.29) is 6.10 Å². The molecule has 0 aromatic heterocycles. The Morgan fingerprint density at radius 3 is 3.00 bits per heavy atom. The fourth-order valence-corrected chi connectivity index (χ4v) is 1.72. The van der Waals surface area contributed by atoms with Gasteiger partial charge in [-0.1, -0.05) is 28.1 Å². The molecule has 0 bridgehead atoms. The van der Waals surface area contributed by atoms with Gasteiger partial charge in [0.25, 0.3) is 0 Å². The van der Waals surface area contributed by atoms with Crippen LogP contribution in [0.4, 0.5) is 0 Å². The number of hydrogen-bond donors (Lipinski definition) is 1. The van der Waals surface area contributed by atoms with E-state index in [4.69, 9.17) is 4.74 Å². The molecular weight excluding hydrogens is 232 g/mol. The number of aliphatic hydroxyl groups excluding tert-OH is 1. The molecule has 0 radical (unpaired) electrons. The minimum absolute atomic E-state index is 0.272. The molecule has 1 saturated heterocycles. The van der Waals surface area contributed by atoms with Gasteiger partial charge in [-0.05, 0) is 17.7 Å². The molecule has 1 aliphatic rings. The number of benzene rings is 1. The monoisotopic (exact) mass is 242 g/mol. The van der Waals surface area contributed by atoms with Gasteiger partial charge in [-0.2, -0.15) is 0 Å². The zero-order valence-corrected chi connectivity index (χ0v) is 8.70. The topological polar surface area (TPSA) is 32.8 Å². The number of rotatable bonds is 3. The molecule has 0 aliphatic carbocycles. The summed E-state index contributed by atoms with van der Waals surface area (Å²) in [6, 6.07) is 7.74. The first-order chi connectivity index (χ1) is 6.25. The van der Waals surface area contributed by atoms with Crippen molar-refractivity contribution in [3.63, 3.8) is 0 Å². The Hall–Kier alpha value is -0.380. The summed E-state index contributed by atoms with van der Waals surface area (Å²) in [7, 11) is 0. The third kappa shape index (κ3) is 2.53. The molecule has 3 heteroatoms. The lowest BCUT2D eigenvalue weighted by molar-refractivity contribution is 0.154. The van der Waals surface area contributed by atoms with Crippen LogP contribution in [0.25, 0.3) is 0 Å². The Labute approximate surface area is 85.7 Å². The molecule has 1 heterocycles. The highest BCUT2D eigenvalue weighted by atomic mass is 79.9. The number of halogens is 1. The molecule has 2 unspecified atom stereocenters. The van der Waals surface area contributed by atoms with Crippen molar-refractivity contribution >= 4 is 15.9 Å². The van der Waals surface area contributed by atoms with Crippen LogP contribution in [0, 0.1) is 0 Å². The molecule has 1 N–H and O–H groups in total. The van der Waals surface area contributed by atoms with Crippen LogP contribution in [-0.2, 0) is 4.74 Å². The van der Waals surface area contributed by atoms with E-state index >= 15 is 0 Å². The average molecular weight is 243 g/mol. The largest absolute Gasteiger partial charge is 0.388 e. The molecule has 0 spiro atoms. The Kier molecular flexibility index (Phi) is 2.67. The third-order valence-corrected chi connectivity index (χ3v) is 2.62. The van der Waals surface area contributed by atoms with Crippen molar-refractivity contribution < 1.29 is 9.84 Å². The highest BCUT2D eigenvalue weighted by Crippen LogP contribution is 2.26. The first-order valence-corrected chi connectivity index (χ1v) is 5.10. The van der Waals surface area contributed by atoms with Gasteiger partial charge in [-0.25, -0.2) is 0 Å². The Bertz CT molecular complexity index is 297. The van der Waals surface area contributed by atoms with E-state index in [0.29, 0.717) is 6.42 Å². The maximum Gasteiger partial charge on any atom is 0.0837 e. The highest BCUT2D eigenvalue weighted by Gasteiger charge is 2.26. The Balaban J connectivity index is 2.04. The van der Waals surface area contributed by atoms with Gasteiger partial charge in [0, 0.05) is 10.9 Å². The van der Waals surface area contributed by atoms with Crippen LogP contribution in [0.1, 0.15) is 18.1 Å². The zero-order valence-electron chi connectivity index (χ0n) is 7.11. The maximum atomic E-state index is 9.75. The van der Waals surface area contributed by atoms with Crippen molar-refractivity contribution in [1.29, 1.82) is 0 Å². The van der Waals surface area contributed by atoms with Crippen LogP contribution >= 0.6 is 15.9 Å². The Morgan fingerprint density at radius 1 is 1.62 bits per heavy atom. The molecule has 70 valence electrons. The molecule has 2 rings (SSSR count). The number of aliphatic hydroxyl groups is 1. The second kappa shape index (κ2) is 3.78. The van der Waals surface area contributed by atoms with Crippen molar-refractivity contribution in [3.8, 4) is 0 Å². The molecule has 1 aliphatic heterocycles. The van der Waals surface area contributed by atoms with Gasteiger partial charge >= 0.3 is 0 Å². The van der Waals surface area contributed by atoms with Gasteiger partial charge in [0.2, 0.25) is 0 Å². The summed E-state index contributed by atoms with van der Waals surface area (Å²) in [5.74, 6) is 0. The summed E-state index contributed by atoms with van der Waals surface area (Å²) >= 11 is 3.37. The molecule has 0 amide bonds. The summed E-state index contributed by atoms with van der Waals surface area (Å²) in [5.41, 5.74) is 0.949. The normalized spacial score (nSPS) is 22.8. The molecule has 1 aromatic carbocycles. The van der Waals surface area contributed by atoms with Crippen LogP contribution in [0.3, 0.4) is 0 Å². The zero-order chi connectivity index (χ0) is 9.26. The molecular formula is C10H11BrO2. The number of ether oxygens (including phenoxy) is 1. The SMILES string of the molecule is OC(CC1CO1)c1cccc(Br)c1. The van der Waals surface area contributed by atoms with E-state index in [1.807, 2.05) is 24.3 Å². The van der Waals surface area contributed by atoms with Crippen molar-refractivity contribution in [1.82, 2.24) is 0 Å². The van der Waals surface area contributed by atoms with Crippen LogP contribution in [0.15, 0.2) is 28.7 Å². The fraction of sp³-hybridized carbons (Fsp3) is 0.400.